The van der Waals surface area contributed by atoms with Gasteiger partial charge in [-0.05, 0) is 24.1 Å². The van der Waals surface area contributed by atoms with Crippen LogP contribution in [0.4, 0.5) is 0 Å². The van der Waals surface area contributed by atoms with E-state index in [4.69, 9.17) is 19.9 Å². The van der Waals surface area contributed by atoms with Crippen LogP contribution in [0.1, 0.15) is 24.9 Å². The van der Waals surface area contributed by atoms with Crippen LogP contribution in [-0.4, -0.2) is 50.5 Å². The molecule has 1 aromatic carbocycles. The molecule has 2 aliphatic heterocycles. The SMILES string of the molecule is CCC1COCCN1CC(N)c1ccc2c(c1)OCCO2. The number of fused-ring (bicyclic) bond motifs is 1. The fraction of sp³-hybridized carbons (Fsp3) is 0.625. The van der Waals surface area contributed by atoms with Crippen LogP contribution in [0.5, 0.6) is 11.5 Å². The second-order valence-corrected chi connectivity index (χ2v) is 5.64. The van der Waals surface area contributed by atoms with E-state index in [1.165, 1.54) is 0 Å². The van der Waals surface area contributed by atoms with Crippen LogP contribution < -0.4 is 15.2 Å². The van der Waals surface area contributed by atoms with Crippen LogP contribution >= 0.6 is 0 Å². The van der Waals surface area contributed by atoms with Crippen LogP contribution in [0.3, 0.4) is 0 Å². The van der Waals surface area contributed by atoms with Crippen molar-refractivity contribution in [2.24, 2.45) is 5.73 Å². The van der Waals surface area contributed by atoms with E-state index >= 15 is 0 Å². The van der Waals surface area contributed by atoms with E-state index in [0.717, 1.165) is 49.8 Å². The molecule has 2 unspecified atom stereocenters. The number of morpholine rings is 1. The summed E-state index contributed by atoms with van der Waals surface area (Å²) in [6, 6.07) is 6.47. The zero-order valence-corrected chi connectivity index (χ0v) is 12.6. The smallest absolute Gasteiger partial charge is 0.161 e. The summed E-state index contributed by atoms with van der Waals surface area (Å²) in [4.78, 5) is 2.44. The van der Waals surface area contributed by atoms with Gasteiger partial charge >= 0.3 is 0 Å². The zero-order chi connectivity index (χ0) is 14.7. The highest BCUT2D eigenvalue weighted by Crippen LogP contribution is 2.32. The maximum Gasteiger partial charge on any atom is 0.161 e. The van der Waals surface area contributed by atoms with E-state index in [1.807, 2.05) is 18.2 Å². The van der Waals surface area contributed by atoms with Gasteiger partial charge in [0.25, 0.3) is 0 Å². The Morgan fingerprint density at radius 2 is 2.05 bits per heavy atom. The van der Waals surface area contributed by atoms with Gasteiger partial charge < -0.3 is 19.9 Å². The normalized spacial score (nSPS) is 23.8. The molecule has 21 heavy (non-hydrogen) atoms. The summed E-state index contributed by atoms with van der Waals surface area (Å²) >= 11 is 0. The molecule has 5 heteroatoms. The standard InChI is InChI=1S/C16H24N2O3/c1-2-13-11-19-6-5-18(13)10-14(17)12-3-4-15-16(9-12)21-8-7-20-15/h3-4,9,13-14H,2,5-8,10-11,17H2,1H3. The zero-order valence-electron chi connectivity index (χ0n) is 12.6. The monoisotopic (exact) mass is 292 g/mol. The average Bonchev–Trinajstić information content (AvgIpc) is 2.55. The van der Waals surface area contributed by atoms with Crippen LogP contribution in [-0.2, 0) is 4.74 Å². The van der Waals surface area contributed by atoms with E-state index in [0.29, 0.717) is 19.3 Å². The minimum absolute atomic E-state index is 0.0204. The fourth-order valence-corrected chi connectivity index (χ4v) is 2.95. The van der Waals surface area contributed by atoms with E-state index in [2.05, 4.69) is 11.8 Å². The number of hydrogen-bond donors (Lipinski definition) is 1. The first-order valence-corrected chi connectivity index (χ1v) is 7.75. The van der Waals surface area contributed by atoms with Crippen molar-refractivity contribution < 1.29 is 14.2 Å². The number of rotatable bonds is 4. The van der Waals surface area contributed by atoms with Crippen LogP contribution in [0, 0.1) is 0 Å². The number of nitrogens with zero attached hydrogens (tertiary/aromatic N) is 1. The molecule has 0 bridgehead atoms. The number of hydrogen-bond acceptors (Lipinski definition) is 5. The van der Waals surface area contributed by atoms with Gasteiger partial charge in [0.05, 0.1) is 13.2 Å². The van der Waals surface area contributed by atoms with Gasteiger partial charge in [0.15, 0.2) is 11.5 Å². The van der Waals surface area contributed by atoms with E-state index < -0.39 is 0 Å². The van der Waals surface area contributed by atoms with Crippen molar-refractivity contribution in [2.75, 3.05) is 39.5 Å². The molecule has 2 aliphatic rings. The Morgan fingerprint density at radius 3 is 2.86 bits per heavy atom. The number of nitrogens with two attached hydrogens (primary N) is 1. The highest BCUT2D eigenvalue weighted by atomic mass is 16.6. The third-order valence-electron chi connectivity index (χ3n) is 4.25. The largest absolute Gasteiger partial charge is 0.486 e. The molecule has 0 spiro atoms. The van der Waals surface area contributed by atoms with Crippen molar-refractivity contribution in [3.8, 4) is 11.5 Å². The molecule has 2 atom stereocenters. The first kappa shape index (κ1) is 14.6. The molecule has 1 aromatic rings. The lowest BCUT2D eigenvalue weighted by atomic mass is 10.0. The first-order valence-electron chi connectivity index (χ1n) is 7.75. The van der Waals surface area contributed by atoms with Gasteiger partial charge in [-0.2, -0.15) is 0 Å². The fourth-order valence-electron chi connectivity index (χ4n) is 2.95. The lowest BCUT2D eigenvalue weighted by Gasteiger charge is -2.36. The van der Waals surface area contributed by atoms with Crippen molar-refractivity contribution in [1.29, 1.82) is 0 Å². The highest BCUT2D eigenvalue weighted by molar-refractivity contribution is 5.44. The molecule has 0 radical (unpaired) electrons. The third-order valence-corrected chi connectivity index (χ3v) is 4.25. The van der Waals surface area contributed by atoms with Gasteiger partial charge in [-0.15, -0.1) is 0 Å². The van der Waals surface area contributed by atoms with Gasteiger partial charge in [-0.25, -0.2) is 0 Å². The van der Waals surface area contributed by atoms with Crippen molar-refractivity contribution in [1.82, 2.24) is 4.90 Å². The lowest BCUT2D eigenvalue weighted by Crippen LogP contribution is -2.47. The molecule has 0 aliphatic carbocycles. The molecule has 5 nitrogen and oxygen atoms in total. The van der Waals surface area contributed by atoms with Crippen molar-refractivity contribution in [2.45, 2.75) is 25.4 Å². The average molecular weight is 292 g/mol. The summed E-state index contributed by atoms with van der Waals surface area (Å²) in [6.07, 6.45) is 1.09. The first-order chi connectivity index (χ1) is 10.3. The highest BCUT2D eigenvalue weighted by Gasteiger charge is 2.24. The second kappa shape index (κ2) is 6.64. The molecule has 2 heterocycles. The Morgan fingerprint density at radius 1 is 1.24 bits per heavy atom. The van der Waals surface area contributed by atoms with Gasteiger partial charge in [-0.1, -0.05) is 13.0 Å². The van der Waals surface area contributed by atoms with Crippen molar-refractivity contribution >= 4 is 0 Å². The van der Waals surface area contributed by atoms with Gasteiger partial charge in [0.1, 0.15) is 13.2 Å². The molecule has 116 valence electrons. The van der Waals surface area contributed by atoms with E-state index in [-0.39, 0.29) is 6.04 Å². The van der Waals surface area contributed by atoms with Crippen LogP contribution in [0.2, 0.25) is 0 Å². The van der Waals surface area contributed by atoms with Crippen molar-refractivity contribution in [3.63, 3.8) is 0 Å². The van der Waals surface area contributed by atoms with Gasteiger partial charge in [0.2, 0.25) is 0 Å². The molecule has 3 rings (SSSR count). The molecule has 0 aromatic heterocycles. The van der Waals surface area contributed by atoms with E-state index in [1.54, 1.807) is 0 Å². The molecule has 1 fully saturated rings. The summed E-state index contributed by atoms with van der Waals surface area (Å²) < 4.78 is 16.7. The quantitative estimate of drug-likeness (QED) is 0.913. The Hall–Kier alpha value is -1.30. The Kier molecular flexibility index (Phi) is 4.63. The molecular formula is C16H24N2O3. The molecule has 1 saturated heterocycles. The maximum atomic E-state index is 6.40. The Balaban J connectivity index is 1.68. The summed E-state index contributed by atoms with van der Waals surface area (Å²) in [5.41, 5.74) is 7.49. The van der Waals surface area contributed by atoms with Gasteiger partial charge in [0, 0.05) is 25.2 Å². The topological polar surface area (TPSA) is 57.0 Å². The molecule has 0 saturated carbocycles. The Labute approximate surface area is 126 Å². The molecule has 2 N–H and O–H groups in total. The number of ether oxygens (including phenoxy) is 3. The van der Waals surface area contributed by atoms with E-state index in [9.17, 15) is 0 Å². The Bertz CT molecular complexity index is 481. The maximum absolute atomic E-state index is 6.40. The van der Waals surface area contributed by atoms with Crippen LogP contribution in [0.25, 0.3) is 0 Å². The number of benzene rings is 1. The summed E-state index contributed by atoms with van der Waals surface area (Å²) in [6.45, 7) is 6.83. The summed E-state index contributed by atoms with van der Waals surface area (Å²) in [5, 5.41) is 0. The third kappa shape index (κ3) is 3.31. The predicted molar refractivity (Wildman–Crippen MR) is 80.8 cm³/mol. The minimum atomic E-state index is -0.0204. The second-order valence-electron chi connectivity index (χ2n) is 5.64. The predicted octanol–water partition coefficient (Wildman–Crippen LogP) is 1.57. The van der Waals surface area contributed by atoms with Gasteiger partial charge in [-0.3, -0.25) is 4.90 Å². The lowest BCUT2D eigenvalue weighted by molar-refractivity contribution is -0.0111. The van der Waals surface area contributed by atoms with Crippen LogP contribution in [0.15, 0.2) is 18.2 Å². The summed E-state index contributed by atoms with van der Waals surface area (Å²) in [7, 11) is 0. The summed E-state index contributed by atoms with van der Waals surface area (Å²) in [5.74, 6) is 1.62. The van der Waals surface area contributed by atoms with Crippen molar-refractivity contribution in [3.05, 3.63) is 23.8 Å². The minimum Gasteiger partial charge on any atom is -0.486 e. The molecule has 0 amide bonds. The molecular weight excluding hydrogens is 268 g/mol.